The fraction of sp³-hybridized carbons (Fsp3) is 0.346. The number of phenols is 1. The van der Waals surface area contributed by atoms with Crippen molar-refractivity contribution in [2.45, 2.75) is 51.9 Å². The molecule has 2 amide bonds. The van der Waals surface area contributed by atoms with Gasteiger partial charge in [-0.2, -0.15) is 0 Å². The van der Waals surface area contributed by atoms with Crippen LogP contribution in [0.1, 0.15) is 57.6 Å². The van der Waals surface area contributed by atoms with Crippen molar-refractivity contribution in [2.24, 2.45) is 0 Å². The number of carbonyl (C=O) groups is 2. The van der Waals surface area contributed by atoms with Gasteiger partial charge in [0, 0.05) is 18.7 Å². The minimum absolute atomic E-state index is 0.0463. The number of amides is 2. The Morgan fingerprint density at radius 1 is 1.06 bits per heavy atom. The molecule has 3 rings (SSSR count). The molecule has 0 bridgehead atoms. The third kappa shape index (κ3) is 7.17. The summed E-state index contributed by atoms with van der Waals surface area (Å²) in [5.41, 5.74) is 3.00. The summed E-state index contributed by atoms with van der Waals surface area (Å²) < 4.78 is 0.586. The highest BCUT2D eigenvalue weighted by molar-refractivity contribution is 8.26. The first-order chi connectivity index (χ1) is 15.6. The van der Waals surface area contributed by atoms with Crippen LogP contribution < -0.4 is 5.32 Å². The van der Waals surface area contributed by atoms with E-state index in [2.05, 4.69) is 38.2 Å². The van der Waals surface area contributed by atoms with Gasteiger partial charge in [0.2, 0.25) is 5.91 Å². The molecule has 0 atom stereocenters. The zero-order chi connectivity index (χ0) is 24.0. The SMILES string of the molecule is CC(C)(C)c1ccc(/C=C2\SC(=S)N(CCCCCC(=O)Nc3ccc(O)cc3)C2=O)cc1. The van der Waals surface area contributed by atoms with Gasteiger partial charge in [0.15, 0.2) is 0 Å². The third-order valence-electron chi connectivity index (χ3n) is 5.38. The average Bonchev–Trinajstić information content (AvgIpc) is 3.02. The summed E-state index contributed by atoms with van der Waals surface area (Å²) in [6.45, 7) is 7.09. The molecule has 1 heterocycles. The molecule has 1 fully saturated rings. The standard InChI is InChI=1S/C26H30N2O3S2/c1-26(2,3)19-10-8-18(9-11-19)17-22-24(31)28(25(32)33-22)16-6-4-5-7-23(30)27-20-12-14-21(29)15-13-20/h8-15,17,29H,4-7,16H2,1-3H3,(H,27,30)/b22-17-. The quantitative estimate of drug-likeness (QED) is 0.206. The van der Waals surface area contributed by atoms with Crippen LogP contribution in [-0.2, 0) is 15.0 Å². The first kappa shape index (κ1) is 25.0. The van der Waals surface area contributed by atoms with Gasteiger partial charge in [0.1, 0.15) is 10.1 Å². The molecule has 2 N–H and O–H groups in total. The number of anilines is 1. The number of carbonyl (C=O) groups excluding carboxylic acids is 2. The fourth-order valence-electron chi connectivity index (χ4n) is 3.42. The Morgan fingerprint density at radius 3 is 2.36 bits per heavy atom. The summed E-state index contributed by atoms with van der Waals surface area (Å²) in [6.07, 6.45) is 4.65. The Hall–Kier alpha value is -2.64. The Bertz CT molecular complexity index is 1040. The number of nitrogens with one attached hydrogen (secondary N) is 1. The highest BCUT2D eigenvalue weighted by Gasteiger charge is 2.31. The fourth-order valence-corrected chi connectivity index (χ4v) is 4.73. The van der Waals surface area contributed by atoms with Crippen molar-refractivity contribution in [1.82, 2.24) is 4.90 Å². The number of hydrogen-bond donors (Lipinski definition) is 2. The van der Waals surface area contributed by atoms with E-state index in [-0.39, 0.29) is 23.0 Å². The van der Waals surface area contributed by atoms with Crippen molar-refractivity contribution in [1.29, 1.82) is 0 Å². The number of benzene rings is 2. The molecule has 2 aromatic rings. The summed E-state index contributed by atoms with van der Waals surface area (Å²) in [6, 6.07) is 14.7. The van der Waals surface area contributed by atoms with Crippen LogP contribution in [0.2, 0.25) is 0 Å². The van der Waals surface area contributed by atoms with Crippen molar-refractivity contribution in [2.75, 3.05) is 11.9 Å². The van der Waals surface area contributed by atoms with Crippen LogP contribution in [0.3, 0.4) is 0 Å². The molecule has 1 aliphatic rings. The maximum absolute atomic E-state index is 12.8. The summed E-state index contributed by atoms with van der Waals surface area (Å²) in [5, 5.41) is 12.1. The smallest absolute Gasteiger partial charge is 0.266 e. The van der Waals surface area contributed by atoms with Crippen LogP contribution in [0, 0.1) is 0 Å². The van der Waals surface area contributed by atoms with Gasteiger partial charge in [-0.15, -0.1) is 0 Å². The molecule has 0 saturated carbocycles. The molecule has 0 spiro atoms. The van der Waals surface area contributed by atoms with E-state index < -0.39 is 0 Å². The van der Waals surface area contributed by atoms with Crippen molar-refractivity contribution in [3.05, 3.63) is 64.6 Å². The van der Waals surface area contributed by atoms with Gasteiger partial charge >= 0.3 is 0 Å². The van der Waals surface area contributed by atoms with Crippen LogP contribution in [0.5, 0.6) is 5.75 Å². The van der Waals surface area contributed by atoms with Crippen LogP contribution >= 0.6 is 24.0 Å². The summed E-state index contributed by atoms with van der Waals surface area (Å²) >= 11 is 6.77. The van der Waals surface area contributed by atoms with Crippen LogP contribution in [0.25, 0.3) is 6.08 Å². The molecule has 174 valence electrons. The first-order valence-corrected chi connectivity index (χ1v) is 12.3. The third-order valence-corrected chi connectivity index (χ3v) is 6.76. The van der Waals surface area contributed by atoms with Crippen molar-refractivity contribution >= 4 is 51.9 Å². The molecule has 2 aromatic carbocycles. The highest BCUT2D eigenvalue weighted by Crippen LogP contribution is 2.33. The Kier molecular flexibility index (Phi) is 8.32. The molecular weight excluding hydrogens is 452 g/mol. The van der Waals surface area contributed by atoms with E-state index in [1.165, 1.54) is 29.5 Å². The van der Waals surface area contributed by atoms with Crippen molar-refractivity contribution in [3.63, 3.8) is 0 Å². The van der Waals surface area contributed by atoms with Gasteiger partial charge < -0.3 is 10.4 Å². The number of aromatic hydroxyl groups is 1. The van der Waals surface area contributed by atoms with Crippen molar-refractivity contribution < 1.29 is 14.7 Å². The number of nitrogens with zero attached hydrogens (tertiary/aromatic N) is 1. The lowest BCUT2D eigenvalue weighted by Gasteiger charge is -2.18. The predicted octanol–water partition coefficient (Wildman–Crippen LogP) is 6.09. The van der Waals surface area contributed by atoms with E-state index in [4.69, 9.17) is 12.2 Å². The molecule has 0 unspecified atom stereocenters. The Morgan fingerprint density at radius 2 is 1.73 bits per heavy atom. The molecule has 33 heavy (non-hydrogen) atoms. The molecule has 0 aliphatic carbocycles. The highest BCUT2D eigenvalue weighted by atomic mass is 32.2. The normalized spacial score (nSPS) is 15.4. The van der Waals surface area contributed by atoms with E-state index in [0.29, 0.717) is 27.9 Å². The Balaban J connectivity index is 1.44. The number of phenolic OH excluding ortho intramolecular Hbond substituents is 1. The van der Waals surface area contributed by atoms with Crippen LogP contribution in [0.4, 0.5) is 5.69 Å². The zero-order valence-corrected chi connectivity index (χ0v) is 20.9. The van der Waals surface area contributed by atoms with Gasteiger partial charge in [0.05, 0.1) is 4.91 Å². The summed E-state index contributed by atoms with van der Waals surface area (Å²) in [4.78, 5) is 27.2. The Labute approximate surface area is 205 Å². The lowest BCUT2D eigenvalue weighted by Crippen LogP contribution is -2.29. The molecule has 1 aliphatic heterocycles. The van der Waals surface area contributed by atoms with E-state index in [1.807, 2.05) is 18.2 Å². The number of rotatable bonds is 8. The zero-order valence-electron chi connectivity index (χ0n) is 19.3. The van der Waals surface area contributed by atoms with Gasteiger partial charge in [-0.1, -0.05) is 75.4 Å². The minimum Gasteiger partial charge on any atom is -0.508 e. The first-order valence-electron chi connectivity index (χ1n) is 11.1. The predicted molar refractivity (Wildman–Crippen MR) is 140 cm³/mol. The molecule has 0 aromatic heterocycles. The van der Waals surface area contributed by atoms with Gasteiger partial charge in [-0.05, 0) is 59.7 Å². The van der Waals surface area contributed by atoms with Crippen LogP contribution in [-0.4, -0.2) is 32.7 Å². The monoisotopic (exact) mass is 482 g/mol. The number of unbranched alkanes of at least 4 members (excludes halogenated alkanes) is 2. The van der Waals surface area contributed by atoms with Crippen LogP contribution in [0.15, 0.2) is 53.4 Å². The van der Waals surface area contributed by atoms with Gasteiger partial charge in [-0.3, -0.25) is 14.5 Å². The van der Waals surface area contributed by atoms with E-state index >= 15 is 0 Å². The lowest BCUT2D eigenvalue weighted by atomic mass is 9.87. The van der Waals surface area contributed by atoms with Gasteiger partial charge in [-0.25, -0.2) is 0 Å². The second-order valence-electron chi connectivity index (χ2n) is 9.11. The number of thiocarbonyl (C=S) groups is 1. The largest absolute Gasteiger partial charge is 0.508 e. The topological polar surface area (TPSA) is 69.6 Å². The summed E-state index contributed by atoms with van der Waals surface area (Å²) in [5.74, 6) is 0.0543. The summed E-state index contributed by atoms with van der Waals surface area (Å²) in [7, 11) is 0. The molecule has 7 heteroatoms. The van der Waals surface area contributed by atoms with E-state index in [1.54, 1.807) is 17.0 Å². The molecular formula is C26H30N2O3S2. The molecule has 1 saturated heterocycles. The number of hydrogen-bond acceptors (Lipinski definition) is 5. The maximum Gasteiger partial charge on any atom is 0.266 e. The van der Waals surface area contributed by atoms with E-state index in [9.17, 15) is 14.7 Å². The average molecular weight is 483 g/mol. The van der Waals surface area contributed by atoms with E-state index in [0.717, 1.165) is 24.8 Å². The lowest BCUT2D eigenvalue weighted by molar-refractivity contribution is -0.122. The minimum atomic E-state index is -0.0632. The molecule has 0 radical (unpaired) electrons. The number of thioether (sulfide) groups is 1. The second-order valence-corrected chi connectivity index (χ2v) is 10.8. The van der Waals surface area contributed by atoms with Crippen molar-refractivity contribution in [3.8, 4) is 5.75 Å². The van der Waals surface area contributed by atoms with Gasteiger partial charge in [0.25, 0.3) is 5.91 Å². The molecule has 5 nitrogen and oxygen atoms in total. The maximum atomic E-state index is 12.8. The second kappa shape index (κ2) is 11.0.